The molecular formula is C29H28N4O3. The first-order chi connectivity index (χ1) is 17.7. The molecule has 182 valence electrons. The van der Waals surface area contributed by atoms with Gasteiger partial charge in [0.15, 0.2) is 0 Å². The Bertz CT molecular complexity index is 1350. The van der Waals surface area contributed by atoms with E-state index in [9.17, 15) is 9.59 Å². The van der Waals surface area contributed by atoms with Gasteiger partial charge in [0.25, 0.3) is 0 Å². The molecule has 1 fully saturated rings. The Labute approximate surface area is 210 Å². The molecule has 1 aliphatic rings. The van der Waals surface area contributed by atoms with Gasteiger partial charge in [-0.15, -0.1) is 0 Å². The second-order valence-electron chi connectivity index (χ2n) is 8.75. The van der Waals surface area contributed by atoms with E-state index >= 15 is 0 Å². The first-order valence-corrected chi connectivity index (χ1v) is 12.1. The fourth-order valence-corrected chi connectivity index (χ4v) is 4.32. The van der Waals surface area contributed by atoms with Gasteiger partial charge in [0.1, 0.15) is 12.4 Å². The summed E-state index contributed by atoms with van der Waals surface area (Å²) < 4.78 is 5.76. The summed E-state index contributed by atoms with van der Waals surface area (Å²) in [6.45, 7) is 2.56. The van der Waals surface area contributed by atoms with E-state index in [0.717, 1.165) is 33.5 Å². The number of amides is 2. The molecule has 2 aromatic heterocycles. The lowest BCUT2D eigenvalue weighted by molar-refractivity contribution is -0.136. The van der Waals surface area contributed by atoms with Crippen molar-refractivity contribution in [3.05, 3.63) is 102 Å². The number of fused-ring (bicyclic) bond motifs is 1. The molecule has 3 heterocycles. The summed E-state index contributed by atoms with van der Waals surface area (Å²) in [6, 6.07) is 21.3. The molecule has 0 aliphatic carbocycles. The third-order valence-electron chi connectivity index (χ3n) is 6.37. The zero-order valence-corrected chi connectivity index (χ0v) is 20.0. The highest BCUT2D eigenvalue weighted by Gasteiger charge is 2.23. The van der Waals surface area contributed by atoms with Crippen LogP contribution >= 0.6 is 0 Å². The molecule has 36 heavy (non-hydrogen) atoms. The van der Waals surface area contributed by atoms with Crippen LogP contribution in [0.4, 0.5) is 0 Å². The van der Waals surface area contributed by atoms with Crippen molar-refractivity contribution in [3.8, 4) is 5.75 Å². The predicted octanol–water partition coefficient (Wildman–Crippen LogP) is 4.07. The topological polar surface area (TPSA) is 78.5 Å². The minimum atomic E-state index is -0.0470. The van der Waals surface area contributed by atoms with Crippen LogP contribution < -0.4 is 4.74 Å². The molecule has 0 unspecified atom stereocenters. The van der Waals surface area contributed by atoms with E-state index in [2.05, 4.69) is 9.97 Å². The summed E-state index contributed by atoms with van der Waals surface area (Å²) in [4.78, 5) is 36.6. The highest BCUT2D eigenvalue weighted by molar-refractivity contribution is 5.92. The number of aromatic amines is 1. The molecule has 1 N–H and O–H groups in total. The number of nitrogens with zero attached hydrogens (tertiary/aromatic N) is 3. The van der Waals surface area contributed by atoms with E-state index in [-0.39, 0.29) is 11.8 Å². The van der Waals surface area contributed by atoms with Gasteiger partial charge in [-0.2, -0.15) is 0 Å². The molecule has 7 heteroatoms. The highest BCUT2D eigenvalue weighted by Crippen LogP contribution is 2.19. The summed E-state index contributed by atoms with van der Waals surface area (Å²) in [5.41, 5.74) is 3.83. The van der Waals surface area contributed by atoms with Crippen LogP contribution in [0.15, 0.2) is 85.2 Å². The Morgan fingerprint density at radius 1 is 0.917 bits per heavy atom. The first kappa shape index (κ1) is 23.4. The number of benzene rings is 2. The maximum atomic E-state index is 12.8. The van der Waals surface area contributed by atoms with Crippen molar-refractivity contribution in [2.45, 2.75) is 13.0 Å². The van der Waals surface area contributed by atoms with Crippen LogP contribution in [0.3, 0.4) is 0 Å². The van der Waals surface area contributed by atoms with Crippen molar-refractivity contribution in [1.29, 1.82) is 0 Å². The molecule has 4 aromatic rings. The van der Waals surface area contributed by atoms with Gasteiger partial charge in [0.2, 0.25) is 11.8 Å². The van der Waals surface area contributed by atoms with Crippen molar-refractivity contribution in [1.82, 2.24) is 19.8 Å². The van der Waals surface area contributed by atoms with E-state index in [1.165, 1.54) is 0 Å². The van der Waals surface area contributed by atoms with Gasteiger partial charge in [0.05, 0.1) is 12.1 Å². The van der Waals surface area contributed by atoms with Crippen LogP contribution in [0.1, 0.15) is 16.8 Å². The fourth-order valence-electron chi connectivity index (χ4n) is 4.32. The van der Waals surface area contributed by atoms with Crippen molar-refractivity contribution >= 4 is 28.8 Å². The number of carbonyl (C=O) groups excluding carboxylic acids is 2. The average molecular weight is 481 g/mol. The van der Waals surface area contributed by atoms with Crippen LogP contribution in [-0.2, 0) is 22.6 Å². The number of nitrogens with one attached hydrogen (secondary N) is 1. The molecule has 0 saturated carbocycles. The number of hydrogen-bond donors (Lipinski definition) is 1. The molecule has 5 rings (SSSR count). The van der Waals surface area contributed by atoms with E-state index in [0.29, 0.717) is 39.2 Å². The minimum Gasteiger partial charge on any atom is -0.487 e. The van der Waals surface area contributed by atoms with Crippen LogP contribution in [-0.4, -0.2) is 57.8 Å². The lowest BCUT2D eigenvalue weighted by Crippen LogP contribution is -2.50. The number of pyridine rings is 1. The smallest absolute Gasteiger partial charge is 0.246 e. The van der Waals surface area contributed by atoms with Crippen molar-refractivity contribution in [2.75, 3.05) is 26.2 Å². The number of ether oxygens (including phenoxy) is 1. The molecule has 0 atom stereocenters. The summed E-state index contributed by atoms with van der Waals surface area (Å²) in [6.07, 6.45) is 7.41. The van der Waals surface area contributed by atoms with E-state index in [1.54, 1.807) is 23.2 Å². The molecule has 1 aliphatic heterocycles. The maximum absolute atomic E-state index is 12.8. The number of para-hydroxylation sites is 1. The maximum Gasteiger partial charge on any atom is 0.246 e. The van der Waals surface area contributed by atoms with E-state index in [1.807, 2.05) is 77.8 Å². The summed E-state index contributed by atoms with van der Waals surface area (Å²) in [5.74, 6) is 0.791. The fraction of sp³-hybridized carbons (Fsp3) is 0.207. The Hall–Kier alpha value is -4.39. The van der Waals surface area contributed by atoms with Gasteiger partial charge in [-0.25, -0.2) is 0 Å². The van der Waals surface area contributed by atoms with Gasteiger partial charge in [-0.05, 0) is 47.5 Å². The standard InChI is InChI=1S/C29H28N4O3/c34-28(13-10-22-8-11-25(12-9-22)36-21-24-5-3-4-14-30-24)32-15-17-33(18-16-32)29(35)19-23-20-31-27-7-2-1-6-26(23)27/h1-14,20,31H,15-19,21H2. The molecule has 0 radical (unpaired) electrons. The third-order valence-corrected chi connectivity index (χ3v) is 6.37. The van der Waals surface area contributed by atoms with Crippen LogP contribution in [0.2, 0.25) is 0 Å². The number of aromatic nitrogens is 2. The van der Waals surface area contributed by atoms with Crippen molar-refractivity contribution in [2.24, 2.45) is 0 Å². The monoisotopic (exact) mass is 480 g/mol. The van der Waals surface area contributed by atoms with Gasteiger partial charge >= 0.3 is 0 Å². The second kappa shape index (κ2) is 10.9. The largest absolute Gasteiger partial charge is 0.487 e. The van der Waals surface area contributed by atoms with Crippen molar-refractivity contribution < 1.29 is 14.3 Å². The molecule has 2 amide bonds. The van der Waals surface area contributed by atoms with Gasteiger partial charge in [0, 0.05) is 55.6 Å². The Morgan fingerprint density at radius 2 is 1.67 bits per heavy atom. The second-order valence-corrected chi connectivity index (χ2v) is 8.75. The van der Waals surface area contributed by atoms with Crippen LogP contribution in [0, 0.1) is 0 Å². The molecule has 7 nitrogen and oxygen atoms in total. The molecule has 0 bridgehead atoms. The lowest BCUT2D eigenvalue weighted by atomic mass is 10.1. The Balaban J connectivity index is 1.09. The van der Waals surface area contributed by atoms with Crippen LogP contribution in [0.5, 0.6) is 5.75 Å². The summed E-state index contributed by atoms with van der Waals surface area (Å²) in [5, 5.41) is 1.08. The molecular weight excluding hydrogens is 452 g/mol. The zero-order chi connectivity index (χ0) is 24.7. The van der Waals surface area contributed by atoms with Crippen LogP contribution in [0.25, 0.3) is 17.0 Å². The van der Waals surface area contributed by atoms with Gasteiger partial charge in [-0.3, -0.25) is 14.6 Å². The summed E-state index contributed by atoms with van der Waals surface area (Å²) in [7, 11) is 0. The SMILES string of the molecule is O=C(C=Cc1ccc(OCc2ccccn2)cc1)N1CCN(C(=O)Cc2c[nH]c3ccccc23)CC1. The number of H-pyrrole nitrogens is 1. The molecule has 1 saturated heterocycles. The molecule has 0 spiro atoms. The predicted molar refractivity (Wildman–Crippen MR) is 139 cm³/mol. The highest BCUT2D eigenvalue weighted by atomic mass is 16.5. The lowest BCUT2D eigenvalue weighted by Gasteiger charge is -2.34. The van der Waals surface area contributed by atoms with Crippen molar-refractivity contribution in [3.63, 3.8) is 0 Å². The first-order valence-electron chi connectivity index (χ1n) is 12.1. The Morgan fingerprint density at radius 3 is 2.44 bits per heavy atom. The normalized spacial score (nSPS) is 13.9. The number of rotatable bonds is 7. The molecule has 2 aromatic carbocycles. The van der Waals surface area contributed by atoms with E-state index < -0.39 is 0 Å². The third kappa shape index (κ3) is 5.63. The van der Waals surface area contributed by atoms with E-state index in [4.69, 9.17) is 4.74 Å². The number of piperazine rings is 1. The zero-order valence-electron chi connectivity index (χ0n) is 20.0. The average Bonchev–Trinajstić information content (AvgIpc) is 3.34. The Kier molecular flexibility index (Phi) is 7.07. The number of hydrogen-bond acceptors (Lipinski definition) is 4. The van der Waals surface area contributed by atoms with Gasteiger partial charge < -0.3 is 19.5 Å². The quantitative estimate of drug-likeness (QED) is 0.405. The summed E-state index contributed by atoms with van der Waals surface area (Å²) >= 11 is 0. The van der Waals surface area contributed by atoms with Gasteiger partial charge in [-0.1, -0.05) is 36.4 Å². The number of carbonyl (C=O) groups is 2. The minimum absolute atomic E-state index is 0.0470.